The molecule has 5 heteroatoms. The molecule has 0 saturated carbocycles. The van der Waals surface area contributed by atoms with Crippen LogP contribution in [0.3, 0.4) is 0 Å². The third-order valence-electron chi connectivity index (χ3n) is 5.61. The van der Waals surface area contributed by atoms with Crippen LogP contribution in [0.25, 0.3) is 0 Å². The minimum atomic E-state index is 0.0412. The lowest BCUT2D eigenvalue weighted by Gasteiger charge is -2.28. The van der Waals surface area contributed by atoms with Gasteiger partial charge in [0.05, 0.1) is 16.6 Å². The average molecular weight is 370 g/mol. The number of aryl methyl sites for hydroxylation is 1. The number of amides is 1. The van der Waals surface area contributed by atoms with Crippen molar-refractivity contribution in [3.63, 3.8) is 0 Å². The normalized spacial score (nSPS) is 19.3. The number of aromatic nitrogens is 1. The van der Waals surface area contributed by atoms with E-state index < -0.39 is 0 Å². The van der Waals surface area contributed by atoms with Crippen molar-refractivity contribution in [1.82, 2.24) is 9.88 Å². The Labute approximate surface area is 159 Å². The van der Waals surface area contributed by atoms with E-state index in [0.717, 1.165) is 44.6 Å². The molecule has 0 bridgehead atoms. The van der Waals surface area contributed by atoms with Crippen LogP contribution >= 0.6 is 11.6 Å². The van der Waals surface area contributed by atoms with E-state index in [0.29, 0.717) is 10.6 Å². The fourth-order valence-electron chi connectivity index (χ4n) is 4.17. The summed E-state index contributed by atoms with van der Waals surface area (Å²) in [6.45, 7) is 1.66. The highest BCUT2D eigenvalue weighted by atomic mass is 35.5. The van der Waals surface area contributed by atoms with E-state index in [-0.39, 0.29) is 11.9 Å². The number of piperidine rings is 1. The van der Waals surface area contributed by atoms with E-state index in [4.69, 9.17) is 11.6 Å². The molecule has 1 unspecified atom stereocenters. The molecular weight excluding hydrogens is 346 g/mol. The molecule has 1 fully saturated rings. The standard InChI is InChI=1S/C21H24ClN3O/c1-24(19-10-9-15-7-3-4-8-17(15)19)20-18(22)13-16(14-23-20)21(26)25-11-5-2-6-12-25/h3-4,7-8,13-14,19H,2,5-6,9-12H2,1H3. The molecule has 0 spiro atoms. The fourth-order valence-corrected chi connectivity index (χ4v) is 4.47. The maximum Gasteiger partial charge on any atom is 0.255 e. The number of hydrogen-bond acceptors (Lipinski definition) is 3. The summed E-state index contributed by atoms with van der Waals surface area (Å²) in [6.07, 6.45) is 7.17. The second-order valence-corrected chi connectivity index (χ2v) is 7.65. The smallest absolute Gasteiger partial charge is 0.255 e. The summed E-state index contributed by atoms with van der Waals surface area (Å²) in [5.41, 5.74) is 3.33. The van der Waals surface area contributed by atoms with Gasteiger partial charge in [-0.15, -0.1) is 0 Å². The molecule has 136 valence electrons. The first kappa shape index (κ1) is 17.3. The second-order valence-electron chi connectivity index (χ2n) is 7.25. The molecule has 2 aliphatic rings. The summed E-state index contributed by atoms with van der Waals surface area (Å²) in [7, 11) is 2.03. The highest BCUT2D eigenvalue weighted by Crippen LogP contribution is 2.38. The zero-order valence-electron chi connectivity index (χ0n) is 15.1. The van der Waals surface area contributed by atoms with Gasteiger partial charge in [0.15, 0.2) is 0 Å². The monoisotopic (exact) mass is 369 g/mol. The van der Waals surface area contributed by atoms with Gasteiger partial charge in [-0.3, -0.25) is 4.79 Å². The molecule has 0 radical (unpaired) electrons. The Balaban J connectivity index is 1.55. The molecule has 0 N–H and O–H groups in total. The molecule has 4 rings (SSSR count). The molecule has 1 amide bonds. The number of carbonyl (C=O) groups excluding carboxylic acids is 1. The highest BCUT2D eigenvalue weighted by Gasteiger charge is 2.28. The van der Waals surface area contributed by atoms with Crippen LogP contribution in [0.5, 0.6) is 0 Å². The summed E-state index contributed by atoms with van der Waals surface area (Å²) in [6, 6.07) is 10.6. The molecule has 1 aromatic heterocycles. The van der Waals surface area contributed by atoms with E-state index in [1.807, 2.05) is 11.9 Å². The van der Waals surface area contributed by atoms with Crippen LogP contribution in [0.2, 0.25) is 5.02 Å². The second kappa shape index (κ2) is 7.28. The Morgan fingerprint density at radius 1 is 1.23 bits per heavy atom. The van der Waals surface area contributed by atoms with Crippen molar-refractivity contribution in [3.05, 3.63) is 58.2 Å². The van der Waals surface area contributed by atoms with Gasteiger partial charge in [-0.1, -0.05) is 35.9 Å². The van der Waals surface area contributed by atoms with Gasteiger partial charge in [-0.05, 0) is 49.3 Å². The molecule has 2 heterocycles. The van der Waals surface area contributed by atoms with E-state index >= 15 is 0 Å². The van der Waals surface area contributed by atoms with Crippen molar-refractivity contribution < 1.29 is 4.79 Å². The summed E-state index contributed by atoms with van der Waals surface area (Å²) >= 11 is 6.54. The fraction of sp³-hybridized carbons (Fsp3) is 0.429. The number of carbonyl (C=O) groups is 1. The van der Waals surface area contributed by atoms with Crippen LogP contribution < -0.4 is 4.90 Å². The minimum absolute atomic E-state index is 0.0412. The Bertz CT molecular complexity index is 817. The molecule has 1 atom stereocenters. The molecule has 26 heavy (non-hydrogen) atoms. The van der Waals surface area contributed by atoms with Crippen LogP contribution in [0.4, 0.5) is 5.82 Å². The van der Waals surface area contributed by atoms with Crippen molar-refractivity contribution in [3.8, 4) is 0 Å². The summed E-state index contributed by atoms with van der Waals surface area (Å²) < 4.78 is 0. The van der Waals surface area contributed by atoms with Crippen molar-refractivity contribution in [1.29, 1.82) is 0 Å². The summed E-state index contributed by atoms with van der Waals surface area (Å²) in [5, 5.41) is 0.541. The lowest BCUT2D eigenvalue weighted by molar-refractivity contribution is 0.0724. The van der Waals surface area contributed by atoms with Gasteiger partial charge in [0, 0.05) is 26.3 Å². The number of fused-ring (bicyclic) bond motifs is 1. The van der Waals surface area contributed by atoms with Gasteiger partial charge in [0.2, 0.25) is 0 Å². The van der Waals surface area contributed by atoms with Crippen molar-refractivity contribution in [2.45, 2.75) is 38.1 Å². The van der Waals surface area contributed by atoms with Gasteiger partial charge in [0.25, 0.3) is 5.91 Å². The molecule has 1 aromatic carbocycles. The van der Waals surface area contributed by atoms with Gasteiger partial charge >= 0.3 is 0 Å². The lowest BCUT2D eigenvalue weighted by atomic mass is 10.1. The van der Waals surface area contributed by atoms with Crippen LogP contribution in [-0.4, -0.2) is 35.9 Å². The van der Waals surface area contributed by atoms with Crippen LogP contribution in [-0.2, 0) is 6.42 Å². The first-order valence-corrected chi connectivity index (χ1v) is 9.78. The zero-order valence-corrected chi connectivity index (χ0v) is 15.9. The Kier molecular flexibility index (Phi) is 4.86. The van der Waals surface area contributed by atoms with E-state index in [1.54, 1.807) is 12.3 Å². The Hall–Kier alpha value is -2.07. The predicted molar refractivity (Wildman–Crippen MR) is 105 cm³/mol. The van der Waals surface area contributed by atoms with Crippen LogP contribution in [0, 0.1) is 0 Å². The lowest BCUT2D eigenvalue weighted by Crippen LogP contribution is -2.35. The number of likely N-dealkylation sites (tertiary alicyclic amines) is 1. The average Bonchev–Trinajstić information content (AvgIpc) is 3.11. The molecule has 1 saturated heterocycles. The molecule has 4 nitrogen and oxygen atoms in total. The number of rotatable bonds is 3. The predicted octanol–water partition coefficient (Wildman–Crippen LogP) is 4.48. The van der Waals surface area contributed by atoms with Gasteiger partial charge in [-0.25, -0.2) is 4.98 Å². The number of benzene rings is 1. The van der Waals surface area contributed by atoms with Crippen LogP contribution in [0.15, 0.2) is 36.5 Å². The molecule has 1 aliphatic carbocycles. The third-order valence-corrected chi connectivity index (χ3v) is 5.89. The number of anilines is 1. The third kappa shape index (κ3) is 3.18. The summed E-state index contributed by atoms with van der Waals surface area (Å²) in [5.74, 6) is 0.781. The van der Waals surface area contributed by atoms with E-state index in [2.05, 4.69) is 34.1 Å². The van der Waals surface area contributed by atoms with Crippen molar-refractivity contribution >= 4 is 23.3 Å². The number of hydrogen-bond donors (Lipinski definition) is 0. The SMILES string of the molecule is CN(c1ncc(C(=O)N2CCCCC2)cc1Cl)C1CCc2ccccc21. The van der Waals surface area contributed by atoms with Crippen LogP contribution in [0.1, 0.15) is 53.2 Å². The quantitative estimate of drug-likeness (QED) is 0.800. The molecular formula is C21H24ClN3O. The van der Waals surface area contributed by atoms with Crippen molar-refractivity contribution in [2.24, 2.45) is 0 Å². The van der Waals surface area contributed by atoms with Gasteiger partial charge in [-0.2, -0.15) is 0 Å². The number of nitrogens with zero attached hydrogens (tertiary/aromatic N) is 3. The summed E-state index contributed by atoms with van der Waals surface area (Å²) in [4.78, 5) is 21.3. The largest absolute Gasteiger partial charge is 0.351 e. The van der Waals surface area contributed by atoms with E-state index in [1.165, 1.54) is 17.5 Å². The zero-order chi connectivity index (χ0) is 18.1. The molecule has 1 aliphatic heterocycles. The maximum atomic E-state index is 12.7. The Morgan fingerprint density at radius 3 is 2.77 bits per heavy atom. The number of halogens is 1. The first-order valence-electron chi connectivity index (χ1n) is 9.40. The maximum absolute atomic E-state index is 12.7. The first-order chi connectivity index (χ1) is 12.6. The molecule has 2 aromatic rings. The highest BCUT2D eigenvalue weighted by molar-refractivity contribution is 6.33. The minimum Gasteiger partial charge on any atom is -0.351 e. The topological polar surface area (TPSA) is 36.4 Å². The number of pyridine rings is 1. The van der Waals surface area contributed by atoms with Gasteiger partial charge in [0.1, 0.15) is 5.82 Å². The van der Waals surface area contributed by atoms with E-state index in [9.17, 15) is 4.79 Å². The van der Waals surface area contributed by atoms with Gasteiger partial charge < -0.3 is 9.80 Å². The van der Waals surface area contributed by atoms with Crippen molar-refractivity contribution in [2.75, 3.05) is 25.0 Å². The Morgan fingerprint density at radius 2 is 2.00 bits per heavy atom.